The molecule has 1 N–H and O–H groups in total. The molecule has 7 heteroatoms. The Morgan fingerprint density at radius 2 is 1.94 bits per heavy atom. The van der Waals surface area contributed by atoms with Crippen LogP contribution >= 0.6 is 11.6 Å². The smallest absolute Gasteiger partial charge is 0.246 e. The third-order valence-corrected chi connectivity index (χ3v) is 6.70. The van der Waals surface area contributed by atoms with Gasteiger partial charge in [-0.15, -0.1) is 0 Å². The molecular weight excluding hydrogens is 448 g/mol. The molecule has 172 valence electrons. The molecule has 2 aromatic heterocycles. The van der Waals surface area contributed by atoms with Crippen LogP contribution in [0.25, 0.3) is 32.9 Å². The lowest BCUT2D eigenvalue weighted by molar-refractivity contribution is -0.133. The van der Waals surface area contributed by atoms with Gasteiger partial charge in [-0.25, -0.2) is 0 Å². The molecule has 0 spiro atoms. The molecule has 1 fully saturated rings. The van der Waals surface area contributed by atoms with Gasteiger partial charge in [0.15, 0.2) is 0 Å². The minimum absolute atomic E-state index is 0.0418. The van der Waals surface area contributed by atoms with Crippen LogP contribution < -0.4 is 5.32 Å². The first-order chi connectivity index (χ1) is 16.4. The third-order valence-electron chi connectivity index (χ3n) is 6.46. The van der Waals surface area contributed by atoms with Crippen molar-refractivity contribution >= 4 is 45.2 Å². The number of aromatic nitrogens is 2. The zero-order chi connectivity index (χ0) is 24.0. The maximum atomic E-state index is 12.9. The summed E-state index contributed by atoms with van der Waals surface area (Å²) in [5.74, 6) is -0.202. The highest BCUT2D eigenvalue weighted by atomic mass is 35.5. The zero-order valence-electron chi connectivity index (χ0n) is 19.1. The fraction of sp³-hybridized carbons (Fsp3) is 0.222. The monoisotopic (exact) mass is 472 g/mol. The Kier molecular flexibility index (Phi) is 5.62. The van der Waals surface area contributed by atoms with Gasteiger partial charge in [-0.2, -0.15) is 0 Å². The summed E-state index contributed by atoms with van der Waals surface area (Å²) in [6.07, 6.45) is 1.30. The van der Waals surface area contributed by atoms with E-state index in [1.165, 1.54) is 6.08 Å². The maximum absolute atomic E-state index is 12.9. The number of hydrogen-bond donors (Lipinski definition) is 1. The SMILES string of the molecule is C=CC(=O)N1CC(NC(=O)Cn2c(C)c(-c3cccc4nc(C)ccc34)c3cc(Cl)ccc32)C1. The summed E-state index contributed by atoms with van der Waals surface area (Å²) in [4.78, 5) is 30.9. The van der Waals surface area contributed by atoms with Crippen LogP contribution in [0.2, 0.25) is 5.02 Å². The summed E-state index contributed by atoms with van der Waals surface area (Å²) < 4.78 is 2.03. The average molecular weight is 473 g/mol. The van der Waals surface area contributed by atoms with Gasteiger partial charge in [-0.3, -0.25) is 14.6 Å². The quantitative estimate of drug-likeness (QED) is 0.430. The standard InChI is InChI=1S/C27H25ClN4O2/c1-4-26(34)31-13-19(14-31)30-25(33)15-32-17(3)27(22-12-18(28)9-11-24(22)32)21-6-5-7-23-20(21)10-8-16(2)29-23/h4-12,19H,1,13-15H2,2-3H3,(H,30,33). The van der Waals surface area contributed by atoms with Crippen molar-refractivity contribution in [2.45, 2.75) is 26.4 Å². The van der Waals surface area contributed by atoms with Crippen molar-refractivity contribution < 1.29 is 9.59 Å². The Bertz CT molecular complexity index is 1470. The van der Waals surface area contributed by atoms with E-state index in [4.69, 9.17) is 11.6 Å². The largest absolute Gasteiger partial charge is 0.348 e. The third kappa shape index (κ3) is 3.84. The fourth-order valence-electron chi connectivity index (χ4n) is 4.77. The van der Waals surface area contributed by atoms with Crippen LogP contribution in [0.1, 0.15) is 11.4 Å². The molecule has 2 aromatic carbocycles. The number of likely N-dealkylation sites (tertiary alicyclic amines) is 1. The summed E-state index contributed by atoms with van der Waals surface area (Å²) in [6.45, 7) is 8.71. The minimum Gasteiger partial charge on any atom is -0.348 e. The minimum atomic E-state index is -0.112. The Morgan fingerprint density at radius 1 is 1.15 bits per heavy atom. The molecular formula is C27H25ClN4O2. The summed E-state index contributed by atoms with van der Waals surface area (Å²) >= 11 is 6.39. The molecule has 5 rings (SSSR count). The number of nitrogens with zero attached hydrogens (tertiary/aromatic N) is 3. The number of aryl methyl sites for hydroxylation is 1. The number of rotatable bonds is 5. The molecule has 0 saturated carbocycles. The van der Waals surface area contributed by atoms with Gasteiger partial charge in [0.1, 0.15) is 6.54 Å². The molecule has 6 nitrogen and oxygen atoms in total. The average Bonchev–Trinajstić information content (AvgIpc) is 3.05. The molecule has 0 aliphatic carbocycles. The molecule has 4 aromatic rings. The van der Waals surface area contributed by atoms with Gasteiger partial charge in [-0.05, 0) is 55.8 Å². The molecule has 1 aliphatic rings. The van der Waals surface area contributed by atoms with Crippen LogP contribution in [0.15, 0.2) is 61.2 Å². The predicted molar refractivity (Wildman–Crippen MR) is 136 cm³/mol. The van der Waals surface area contributed by atoms with Crippen molar-refractivity contribution in [2.24, 2.45) is 0 Å². The second-order valence-corrected chi connectivity index (χ2v) is 9.18. The first-order valence-electron chi connectivity index (χ1n) is 11.2. The topological polar surface area (TPSA) is 67.2 Å². The van der Waals surface area contributed by atoms with Crippen LogP contribution in [-0.4, -0.2) is 45.4 Å². The number of nitrogens with one attached hydrogen (secondary N) is 1. The van der Waals surface area contributed by atoms with Gasteiger partial charge in [0, 0.05) is 51.4 Å². The van der Waals surface area contributed by atoms with E-state index in [0.29, 0.717) is 18.1 Å². The lowest BCUT2D eigenvalue weighted by atomic mass is 9.98. The van der Waals surface area contributed by atoms with Crippen LogP contribution in [0.4, 0.5) is 0 Å². The second kappa shape index (κ2) is 8.61. The molecule has 1 saturated heterocycles. The lowest BCUT2D eigenvalue weighted by Gasteiger charge is -2.38. The zero-order valence-corrected chi connectivity index (χ0v) is 19.9. The van der Waals surface area contributed by atoms with Gasteiger partial charge in [0.05, 0.1) is 11.6 Å². The molecule has 2 amide bonds. The predicted octanol–water partition coefficient (Wildman–Crippen LogP) is 4.64. The summed E-state index contributed by atoms with van der Waals surface area (Å²) in [5, 5.41) is 5.74. The Hall–Kier alpha value is -3.64. The van der Waals surface area contributed by atoms with Crippen LogP contribution in [0.3, 0.4) is 0 Å². The van der Waals surface area contributed by atoms with E-state index in [1.807, 2.05) is 54.8 Å². The van der Waals surface area contributed by atoms with Gasteiger partial charge in [0.25, 0.3) is 0 Å². The van der Waals surface area contributed by atoms with Crippen LogP contribution in [0, 0.1) is 13.8 Å². The van der Waals surface area contributed by atoms with E-state index in [1.54, 1.807) is 4.90 Å². The lowest BCUT2D eigenvalue weighted by Crippen LogP contribution is -2.61. The molecule has 1 aliphatic heterocycles. The summed E-state index contributed by atoms with van der Waals surface area (Å²) in [6, 6.07) is 15.9. The van der Waals surface area contributed by atoms with Crippen molar-refractivity contribution in [3.05, 3.63) is 77.6 Å². The normalized spacial score (nSPS) is 13.8. The Balaban J connectivity index is 1.52. The van der Waals surface area contributed by atoms with Crippen molar-refractivity contribution in [1.29, 1.82) is 0 Å². The highest BCUT2D eigenvalue weighted by Crippen LogP contribution is 2.39. The molecule has 0 radical (unpaired) electrons. The number of pyridine rings is 1. The number of fused-ring (bicyclic) bond motifs is 2. The number of amides is 2. The van der Waals surface area contributed by atoms with Gasteiger partial charge >= 0.3 is 0 Å². The van der Waals surface area contributed by atoms with E-state index >= 15 is 0 Å². The number of carbonyl (C=O) groups excluding carboxylic acids is 2. The first-order valence-corrected chi connectivity index (χ1v) is 11.6. The van der Waals surface area contributed by atoms with Gasteiger partial charge in [-0.1, -0.05) is 36.4 Å². The first kappa shape index (κ1) is 22.2. The number of carbonyl (C=O) groups is 2. The van der Waals surface area contributed by atoms with Gasteiger partial charge in [0.2, 0.25) is 11.8 Å². The van der Waals surface area contributed by atoms with Crippen molar-refractivity contribution in [3.8, 4) is 11.1 Å². The molecule has 3 heterocycles. The van der Waals surface area contributed by atoms with Crippen molar-refractivity contribution in [3.63, 3.8) is 0 Å². The van der Waals surface area contributed by atoms with E-state index < -0.39 is 0 Å². The Labute approximate surface area is 202 Å². The number of halogens is 1. The highest BCUT2D eigenvalue weighted by Gasteiger charge is 2.30. The molecule has 0 atom stereocenters. The van der Waals surface area contributed by atoms with E-state index in [2.05, 4.69) is 29.0 Å². The summed E-state index contributed by atoms with van der Waals surface area (Å²) in [5.41, 5.74) is 5.94. The fourth-order valence-corrected chi connectivity index (χ4v) is 4.94. The van der Waals surface area contributed by atoms with Crippen LogP contribution in [-0.2, 0) is 16.1 Å². The number of benzene rings is 2. The van der Waals surface area contributed by atoms with Crippen LogP contribution in [0.5, 0.6) is 0 Å². The molecule has 0 unspecified atom stereocenters. The van der Waals surface area contributed by atoms with E-state index in [9.17, 15) is 9.59 Å². The molecule has 0 bridgehead atoms. The van der Waals surface area contributed by atoms with E-state index in [-0.39, 0.29) is 24.4 Å². The van der Waals surface area contributed by atoms with Crippen molar-refractivity contribution in [1.82, 2.24) is 19.8 Å². The second-order valence-electron chi connectivity index (χ2n) is 8.74. The molecule has 34 heavy (non-hydrogen) atoms. The van der Waals surface area contributed by atoms with E-state index in [0.717, 1.165) is 44.3 Å². The number of hydrogen-bond acceptors (Lipinski definition) is 3. The van der Waals surface area contributed by atoms with Crippen molar-refractivity contribution in [2.75, 3.05) is 13.1 Å². The highest BCUT2D eigenvalue weighted by molar-refractivity contribution is 6.31. The Morgan fingerprint density at radius 3 is 2.71 bits per heavy atom. The maximum Gasteiger partial charge on any atom is 0.246 e. The summed E-state index contributed by atoms with van der Waals surface area (Å²) in [7, 11) is 0. The van der Waals surface area contributed by atoms with Gasteiger partial charge < -0.3 is 14.8 Å².